The number of rotatable bonds is 9. The van der Waals surface area contributed by atoms with Crippen molar-refractivity contribution in [2.24, 2.45) is 0 Å². The molecule has 2 fully saturated rings. The van der Waals surface area contributed by atoms with Crippen molar-refractivity contribution in [3.8, 4) is 11.3 Å². The number of hydrogen-bond acceptors (Lipinski definition) is 7. The monoisotopic (exact) mass is 754 g/mol. The molecule has 6 rings (SSSR count). The highest BCUT2D eigenvalue weighted by Gasteiger charge is 2.39. The van der Waals surface area contributed by atoms with Crippen molar-refractivity contribution in [1.29, 1.82) is 0 Å². The summed E-state index contributed by atoms with van der Waals surface area (Å²) in [6.07, 6.45) is 0.546. The van der Waals surface area contributed by atoms with Crippen LogP contribution in [-0.4, -0.2) is 81.6 Å². The van der Waals surface area contributed by atoms with Gasteiger partial charge in [-0.05, 0) is 96.2 Å². The van der Waals surface area contributed by atoms with Gasteiger partial charge in [-0.2, -0.15) is 0 Å². The smallest absolute Gasteiger partial charge is 0.410 e. The molecule has 0 radical (unpaired) electrons. The maximum absolute atomic E-state index is 15.9. The highest BCUT2D eigenvalue weighted by atomic mass is 19.1. The number of ether oxygens (including phenoxy) is 2. The number of amides is 5. The van der Waals surface area contributed by atoms with E-state index in [0.717, 1.165) is 0 Å². The Hall–Kier alpha value is -5.92. The summed E-state index contributed by atoms with van der Waals surface area (Å²) in [4.78, 5) is 71.9. The zero-order valence-corrected chi connectivity index (χ0v) is 31.6. The topological polar surface area (TPSA) is 162 Å². The fraction of sp³-hybridized carbons (Fsp3) is 0.390. The van der Waals surface area contributed by atoms with Gasteiger partial charge in [-0.15, -0.1) is 0 Å². The Morgan fingerprint density at radius 3 is 2.05 bits per heavy atom. The predicted molar refractivity (Wildman–Crippen MR) is 206 cm³/mol. The molecular formula is C41H47FN6O7. The summed E-state index contributed by atoms with van der Waals surface area (Å²) < 4.78 is 26.6. The molecule has 4 N–H and O–H groups in total. The number of H-pyrrole nitrogens is 1. The number of aromatic amines is 1. The van der Waals surface area contributed by atoms with Gasteiger partial charge in [-0.25, -0.2) is 14.0 Å². The second kappa shape index (κ2) is 16.2. The lowest BCUT2D eigenvalue weighted by atomic mass is 10.0. The molecule has 0 saturated carbocycles. The van der Waals surface area contributed by atoms with E-state index in [1.165, 1.54) is 9.80 Å². The van der Waals surface area contributed by atoms with Crippen LogP contribution < -0.4 is 16.0 Å². The van der Waals surface area contributed by atoms with E-state index in [1.807, 2.05) is 0 Å². The molecule has 3 aromatic carbocycles. The Bertz CT molecular complexity index is 2060. The largest absolute Gasteiger partial charge is 0.447 e. The summed E-state index contributed by atoms with van der Waals surface area (Å²) >= 11 is 0. The molecule has 0 bridgehead atoms. The standard InChI is InChI=1S/C41H47FN6O7/c1-24(2)54-39(52)46-35(25-11-7-6-8-12-25)38(51)47-21-9-13-31(47)36(49)43-27-17-15-26(16-18-27)34-33(42)29-23-28(19-20-30(29)45-34)44-37(50)32-14-10-22-48(32)40(53)55-41(3,4)5/h6-8,11-12,15-20,23-24,31-32,35,45H,9-10,13-14,21-22H2,1-5H3,(H,43,49)(H,44,50)(H,46,52)/t31-,32-,35+/m0/s1. The molecule has 0 aliphatic carbocycles. The lowest BCUT2D eigenvalue weighted by Crippen LogP contribution is -2.48. The van der Waals surface area contributed by atoms with Crippen LogP contribution in [0.4, 0.5) is 25.4 Å². The summed E-state index contributed by atoms with van der Waals surface area (Å²) in [5.41, 5.74) is 1.99. The van der Waals surface area contributed by atoms with Crippen LogP contribution in [0.2, 0.25) is 0 Å². The maximum atomic E-state index is 15.9. The van der Waals surface area contributed by atoms with Crippen LogP contribution in [0.3, 0.4) is 0 Å². The van der Waals surface area contributed by atoms with Gasteiger partial charge in [0.2, 0.25) is 11.8 Å². The number of fused-ring (bicyclic) bond motifs is 1. The zero-order valence-electron chi connectivity index (χ0n) is 31.6. The third kappa shape index (κ3) is 9.07. The number of hydrogen-bond donors (Lipinski definition) is 4. The first kappa shape index (κ1) is 38.8. The second-order valence-electron chi connectivity index (χ2n) is 15.1. The number of aromatic nitrogens is 1. The minimum atomic E-state index is -1.04. The van der Waals surface area contributed by atoms with Gasteiger partial charge in [-0.1, -0.05) is 42.5 Å². The van der Waals surface area contributed by atoms with E-state index in [4.69, 9.17) is 9.47 Å². The summed E-state index contributed by atoms with van der Waals surface area (Å²) in [6.45, 7) is 9.48. The number of carbonyl (C=O) groups is 5. The lowest BCUT2D eigenvalue weighted by molar-refractivity contribution is -0.138. The summed E-state index contributed by atoms with van der Waals surface area (Å²) in [7, 11) is 0. The molecule has 2 aliphatic heterocycles. The Morgan fingerprint density at radius 2 is 1.42 bits per heavy atom. The van der Waals surface area contributed by atoms with Gasteiger partial charge in [0.15, 0.2) is 5.82 Å². The second-order valence-corrected chi connectivity index (χ2v) is 15.1. The predicted octanol–water partition coefficient (Wildman–Crippen LogP) is 7.12. The van der Waals surface area contributed by atoms with Crippen molar-refractivity contribution >= 4 is 52.2 Å². The van der Waals surface area contributed by atoms with Crippen LogP contribution in [-0.2, 0) is 23.9 Å². The van der Waals surface area contributed by atoms with E-state index in [9.17, 15) is 24.0 Å². The highest BCUT2D eigenvalue weighted by molar-refractivity contribution is 6.00. The van der Waals surface area contributed by atoms with Crippen molar-refractivity contribution in [2.45, 2.75) is 90.1 Å². The molecule has 5 amide bonds. The van der Waals surface area contributed by atoms with E-state index in [1.54, 1.807) is 107 Å². The highest BCUT2D eigenvalue weighted by Crippen LogP contribution is 2.32. The number of carbonyl (C=O) groups excluding carboxylic acids is 5. The van der Waals surface area contributed by atoms with Crippen molar-refractivity contribution < 1.29 is 37.8 Å². The molecule has 2 aliphatic rings. The molecule has 1 aromatic heterocycles. The van der Waals surface area contributed by atoms with Gasteiger partial charge in [0.05, 0.1) is 11.8 Å². The van der Waals surface area contributed by atoms with E-state index < -0.39 is 47.6 Å². The van der Waals surface area contributed by atoms with E-state index in [2.05, 4.69) is 20.9 Å². The minimum absolute atomic E-state index is 0.228. The van der Waals surface area contributed by atoms with Crippen LogP contribution in [0.1, 0.15) is 71.9 Å². The number of anilines is 2. The lowest BCUT2D eigenvalue weighted by Gasteiger charge is -2.29. The van der Waals surface area contributed by atoms with E-state index in [0.29, 0.717) is 66.8 Å². The summed E-state index contributed by atoms with van der Waals surface area (Å²) in [5, 5.41) is 8.65. The molecule has 4 aromatic rings. The normalized spacial score (nSPS) is 17.6. The molecule has 0 spiro atoms. The SMILES string of the molecule is CC(C)OC(=O)N[C@@H](C(=O)N1CCC[C@H]1C(=O)Nc1ccc(-c2[nH]c3ccc(NC(=O)[C@@H]4CCCN4C(=O)OC(C)(C)C)cc3c2F)cc1)c1ccccc1. The van der Waals surface area contributed by atoms with Gasteiger partial charge in [0, 0.05) is 40.9 Å². The fourth-order valence-electron chi connectivity index (χ4n) is 6.95. The summed E-state index contributed by atoms with van der Waals surface area (Å²) in [6, 6.07) is 17.8. The fourth-order valence-corrected chi connectivity index (χ4v) is 6.95. The first-order valence-electron chi connectivity index (χ1n) is 18.5. The molecule has 2 saturated heterocycles. The quantitative estimate of drug-likeness (QED) is 0.142. The Balaban J connectivity index is 1.11. The van der Waals surface area contributed by atoms with Gasteiger partial charge in [-0.3, -0.25) is 19.3 Å². The van der Waals surface area contributed by atoms with Crippen molar-refractivity contribution in [3.05, 3.63) is 84.2 Å². The molecule has 3 heterocycles. The molecule has 3 atom stereocenters. The Kier molecular flexibility index (Phi) is 11.4. The van der Waals surface area contributed by atoms with E-state index in [-0.39, 0.29) is 29.0 Å². The number of benzene rings is 3. The molecule has 13 nitrogen and oxygen atoms in total. The number of likely N-dealkylation sites (tertiary alicyclic amines) is 2. The van der Waals surface area contributed by atoms with Crippen LogP contribution in [0.15, 0.2) is 72.8 Å². The number of halogens is 1. The number of alkyl carbamates (subject to hydrolysis) is 1. The van der Waals surface area contributed by atoms with E-state index >= 15 is 4.39 Å². The molecule has 14 heteroatoms. The van der Waals surface area contributed by atoms with Gasteiger partial charge < -0.3 is 35.3 Å². The maximum Gasteiger partial charge on any atom is 0.410 e. The van der Waals surface area contributed by atoms with Crippen LogP contribution in [0.25, 0.3) is 22.2 Å². The van der Waals surface area contributed by atoms with Crippen molar-refractivity contribution in [2.75, 3.05) is 23.7 Å². The summed E-state index contributed by atoms with van der Waals surface area (Å²) in [5.74, 6) is -1.69. The van der Waals surface area contributed by atoms with Gasteiger partial charge in [0.25, 0.3) is 5.91 Å². The third-order valence-electron chi connectivity index (χ3n) is 9.45. The average Bonchev–Trinajstić information content (AvgIpc) is 3.90. The number of nitrogens with one attached hydrogen (secondary N) is 4. The zero-order chi connectivity index (χ0) is 39.4. The Labute approximate surface area is 318 Å². The molecule has 290 valence electrons. The van der Waals surface area contributed by atoms with Gasteiger partial charge >= 0.3 is 12.2 Å². The minimum Gasteiger partial charge on any atom is -0.447 e. The van der Waals surface area contributed by atoms with Crippen LogP contribution in [0.5, 0.6) is 0 Å². The van der Waals surface area contributed by atoms with Crippen LogP contribution in [0, 0.1) is 5.82 Å². The first-order chi connectivity index (χ1) is 26.2. The number of nitrogens with zero attached hydrogens (tertiary/aromatic N) is 2. The molecule has 0 unspecified atom stereocenters. The van der Waals surface area contributed by atoms with Crippen molar-refractivity contribution in [3.63, 3.8) is 0 Å². The third-order valence-corrected chi connectivity index (χ3v) is 9.45. The average molecular weight is 755 g/mol. The molecule has 55 heavy (non-hydrogen) atoms. The van der Waals surface area contributed by atoms with Gasteiger partial charge in [0.1, 0.15) is 23.7 Å². The van der Waals surface area contributed by atoms with Crippen LogP contribution >= 0.6 is 0 Å². The Morgan fingerprint density at radius 1 is 0.818 bits per heavy atom. The molecular weight excluding hydrogens is 707 g/mol. The first-order valence-corrected chi connectivity index (χ1v) is 18.5. The van der Waals surface area contributed by atoms with Crippen molar-refractivity contribution in [1.82, 2.24) is 20.1 Å².